The first-order valence-corrected chi connectivity index (χ1v) is 9.09. The lowest BCUT2D eigenvalue weighted by atomic mass is 10.1. The number of carbonyl (C=O) groups is 1. The minimum absolute atomic E-state index is 0.139. The molecule has 1 unspecified atom stereocenters. The van der Waals surface area contributed by atoms with Crippen molar-refractivity contribution in [2.75, 3.05) is 32.9 Å². The van der Waals surface area contributed by atoms with Crippen LogP contribution in [0.2, 0.25) is 0 Å². The summed E-state index contributed by atoms with van der Waals surface area (Å²) in [5, 5.41) is 8.93. The molecule has 0 radical (unpaired) electrons. The first-order valence-electron chi connectivity index (χ1n) is 7.86. The summed E-state index contributed by atoms with van der Waals surface area (Å²) < 4.78 is 0. The fourth-order valence-corrected chi connectivity index (χ4v) is 3.76. The largest absolute Gasteiger partial charge is 0.480 e. The Kier molecular flexibility index (Phi) is 6.73. The van der Waals surface area contributed by atoms with Crippen molar-refractivity contribution in [2.45, 2.75) is 36.7 Å². The molecule has 22 heavy (non-hydrogen) atoms. The van der Waals surface area contributed by atoms with Crippen LogP contribution in [0.1, 0.15) is 24.8 Å². The first kappa shape index (κ1) is 17.3. The van der Waals surface area contributed by atoms with Crippen molar-refractivity contribution >= 4 is 17.7 Å². The molecule has 1 saturated heterocycles. The summed E-state index contributed by atoms with van der Waals surface area (Å²) in [7, 11) is 1.93. The molecular formula is C17H26N2O2S. The zero-order valence-corrected chi connectivity index (χ0v) is 14.3. The Morgan fingerprint density at radius 1 is 1.36 bits per heavy atom. The number of thioether (sulfide) groups is 1. The van der Waals surface area contributed by atoms with Crippen LogP contribution >= 0.6 is 11.8 Å². The molecule has 1 aliphatic heterocycles. The van der Waals surface area contributed by atoms with Gasteiger partial charge in [-0.3, -0.25) is 14.6 Å². The van der Waals surface area contributed by atoms with Crippen LogP contribution in [0, 0.1) is 0 Å². The molecule has 0 aliphatic carbocycles. The lowest BCUT2D eigenvalue weighted by Crippen LogP contribution is -2.36. The van der Waals surface area contributed by atoms with Gasteiger partial charge in [0.05, 0.1) is 6.54 Å². The summed E-state index contributed by atoms with van der Waals surface area (Å²) in [5.74, 6) is -0.738. The summed E-state index contributed by atoms with van der Waals surface area (Å²) in [4.78, 5) is 16.7. The Balaban J connectivity index is 1.91. The maximum Gasteiger partial charge on any atom is 0.317 e. The van der Waals surface area contributed by atoms with E-state index < -0.39 is 5.97 Å². The maximum absolute atomic E-state index is 10.9. The second kappa shape index (κ2) is 8.56. The molecule has 0 spiro atoms. The Hall–Kier alpha value is -1.04. The van der Waals surface area contributed by atoms with E-state index in [1.807, 2.05) is 11.9 Å². The Morgan fingerprint density at radius 3 is 2.86 bits per heavy atom. The van der Waals surface area contributed by atoms with E-state index in [0.29, 0.717) is 6.04 Å². The van der Waals surface area contributed by atoms with Crippen LogP contribution in [-0.2, 0) is 11.3 Å². The standard InChI is InChI=1S/C17H26N2O2S/c1-18(13-17(20)21)15-7-5-10-19(11-9-15)12-14-6-3-4-8-16(14)22-2/h3-4,6,8,15H,5,7,9-13H2,1-2H3,(H,20,21). The van der Waals surface area contributed by atoms with E-state index in [1.54, 1.807) is 11.8 Å². The van der Waals surface area contributed by atoms with Crippen molar-refractivity contribution in [1.29, 1.82) is 0 Å². The monoisotopic (exact) mass is 322 g/mol. The molecule has 0 amide bonds. The van der Waals surface area contributed by atoms with E-state index in [-0.39, 0.29) is 6.54 Å². The number of benzene rings is 1. The topological polar surface area (TPSA) is 43.8 Å². The highest BCUT2D eigenvalue weighted by Gasteiger charge is 2.22. The molecule has 1 aliphatic rings. The number of nitrogens with zero attached hydrogens (tertiary/aromatic N) is 2. The molecule has 1 fully saturated rings. The number of carboxylic acid groups (broad SMARTS) is 1. The van der Waals surface area contributed by atoms with Gasteiger partial charge >= 0.3 is 5.97 Å². The smallest absolute Gasteiger partial charge is 0.317 e. The van der Waals surface area contributed by atoms with Gasteiger partial charge in [-0.15, -0.1) is 11.8 Å². The van der Waals surface area contributed by atoms with E-state index in [0.717, 1.165) is 38.9 Å². The average molecular weight is 322 g/mol. The van der Waals surface area contributed by atoms with E-state index in [4.69, 9.17) is 5.11 Å². The van der Waals surface area contributed by atoms with Gasteiger partial charge in [0.1, 0.15) is 0 Å². The highest BCUT2D eigenvalue weighted by molar-refractivity contribution is 7.98. The van der Waals surface area contributed by atoms with E-state index >= 15 is 0 Å². The SMILES string of the molecule is CSc1ccccc1CN1CCCC(N(C)CC(=O)O)CC1. The molecule has 1 aromatic carbocycles. The van der Waals surface area contributed by atoms with Crippen molar-refractivity contribution < 1.29 is 9.90 Å². The van der Waals surface area contributed by atoms with Crippen molar-refractivity contribution in [3.63, 3.8) is 0 Å². The predicted molar refractivity (Wildman–Crippen MR) is 91.4 cm³/mol. The van der Waals surface area contributed by atoms with Gasteiger partial charge in [0.2, 0.25) is 0 Å². The lowest BCUT2D eigenvalue weighted by molar-refractivity contribution is -0.138. The van der Waals surface area contributed by atoms with Gasteiger partial charge in [0.15, 0.2) is 0 Å². The van der Waals surface area contributed by atoms with E-state index in [9.17, 15) is 4.79 Å². The van der Waals surface area contributed by atoms with Crippen molar-refractivity contribution in [1.82, 2.24) is 9.80 Å². The zero-order chi connectivity index (χ0) is 15.9. The molecule has 0 aromatic heterocycles. The normalized spacial score (nSPS) is 20.0. The summed E-state index contributed by atoms with van der Waals surface area (Å²) >= 11 is 1.80. The highest BCUT2D eigenvalue weighted by Crippen LogP contribution is 2.23. The number of hydrogen-bond acceptors (Lipinski definition) is 4. The van der Waals surface area contributed by atoms with Crippen LogP contribution in [0.3, 0.4) is 0 Å². The molecule has 1 aromatic rings. The Bertz CT molecular complexity index is 495. The minimum Gasteiger partial charge on any atom is -0.480 e. The van der Waals surface area contributed by atoms with Crippen molar-refractivity contribution in [3.05, 3.63) is 29.8 Å². The average Bonchev–Trinajstić information content (AvgIpc) is 2.73. The van der Waals surface area contributed by atoms with Gasteiger partial charge in [0.25, 0.3) is 0 Å². The third kappa shape index (κ3) is 5.00. The highest BCUT2D eigenvalue weighted by atomic mass is 32.2. The van der Waals surface area contributed by atoms with Gasteiger partial charge in [-0.25, -0.2) is 0 Å². The van der Waals surface area contributed by atoms with Crippen LogP contribution < -0.4 is 0 Å². The summed E-state index contributed by atoms with van der Waals surface area (Å²) in [6.07, 6.45) is 5.39. The Labute approximate surface area is 137 Å². The summed E-state index contributed by atoms with van der Waals surface area (Å²) in [6, 6.07) is 8.98. The third-order valence-electron chi connectivity index (χ3n) is 4.38. The first-order chi connectivity index (χ1) is 10.6. The number of hydrogen-bond donors (Lipinski definition) is 1. The van der Waals surface area contributed by atoms with Crippen LogP contribution in [0.5, 0.6) is 0 Å². The molecular weight excluding hydrogens is 296 g/mol. The van der Waals surface area contributed by atoms with Gasteiger partial charge in [-0.1, -0.05) is 18.2 Å². The number of rotatable bonds is 6. The van der Waals surface area contributed by atoms with Crippen molar-refractivity contribution in [2.24, 2.45) is 0 Å². The molecule has 122 valence electrons. The summed E-state index contributed by atoms with van der Waals surface area (Å²) in [6.45, 7) is 3.27. The quantitative estimate of drug-likeness (QED) is 0.816. The molecule has 1 atom stereocenters. The fraction of sp³-hybridized carbons (Fsp3) is 0.588. The molecule has 2 rings (SSSR count). The van der Waals surface area contributed by atoms with Gasteiger partial charge in [0, 0.05) is 17.5 Å². The molecule has 0 bridgehead atoms. The molecule has 0 saturated carbocycles. The second-order valence-corrected chi connectivity index (χ2v) is 6.83. The predicted octanol–water partition coefficient (Wildman–Crippen LogP) is 2.78. The van der Waals surface area contributed by atoms with Crippen LogP contribution in [0.4, 0.5) is 0 Å². The number of aliphatic carboxylic acids is 1. The lowest BCUT2D eigenvalue weighted by Gasteiger charge is -2.25. The number of carboxylic acids is 1. The van der Waals surface area contributed by atoms with E-state index in [2.05, 4.69) is 35.4 Å². The molecule has 5 heteroatoms. The molecule has 1 heterocycles. The van der Waals surface area contributed by atoms with Crippen LogP contribution in [0.15, 0.2) is 29.2 Å². The zero-order valence-electron chi connectivity index (χ0n) is 13.5. The minimum atomic E-state index is -0.738. The Morgan fingerprint density at radius 2 is 2.14 bits per heavy atom. The molecule has 4 nitrogen and oxygen atoms in total. The summed E-state index contributed by atoms with van der Waals surface area (Å²) in [5.41, 5.74) is 1.40. The van der Waals surface area contributed by atoms with Crippen molar-refractivity contribution in [3.8, 4) is 0 Å². The number of likely N-dealkylation sites (N-methyl/N-ethyl adjacent to an activating group) is 1. The van der Waals surface area contributed by atoms with Gasteiger partial charge in [-0.2, -0.15) is 0 Å². The maximum atomic E-state index is 10.9. The second-order valence-electron chi connectivity index (χ2n) is 5.98. The van der Waals surface area contributed by atoms with Crippen LogP contribution in [-0.4, -0.2) is 59.9 Å². The van der Waals surface area contributed by atoms with Gasteiger partial charge < -0.3 is 5.11 Å². The van der Waals surface area contributed by atoms with Crippen LogP contribution in [0.25, 0.3) is 0 Å². The van der Waals surface area contributed by atoms with E-state index in [1.165, 1.54) is 10.5 Å². The third-order valence-corrected chi connectivity index (χ3v) is 5.22. The fourth-order valence-electron chi connectivity index (χ4n) is 3.15. The number of likely N-dealkylation sites (tertiary alicyclic amines) is 1. The van der Waals surface area contributed by atoms with Gasteiger partial charge in [-0.05, 0) is 57.3 Å². The molecule has 1 N–H and O–H groups in total.